The number of carbonyl (C=O) groups excluding carboxylic acids is 1. The van der Waals surface area contributed by atoms with E-state index in [1.165, 1.54) is 53.2 Å². The van der Waals surface area contributed by atoms with Gasteiger partial charge in [0.15, 0.2) is 5.01 Å². The van der Waals surface area contributed by atoms with E-state index in [2.05, 4.69) is 9.98 Å². The Balaban J connectivity index is 1.60. The molecule has 2 aromatic carbocycles. The van der Waals surface area contributed by atoms with E-state index in [1.807, 2.05) is 6.08 Å². The highest BCUT2D eigenvalue weighted by Crippen LogP contribution is 2.48. The molecule has 1 unspecified atom stereocenters. The number of carbonyl (C=O) groups is 1. The van der Waals surface area contributed by atoms with Gasteiger partial charge in [-0.05, 0) is 67.1 Å². The minimum atomic E-state index is -3.94. The van der Waals surface area contributed by atoms with E-state index in [0.717, 1.165) is 5.57 Å². The lowest BCUT2D eigenvalue weighted by atomic mass is 9.65. The fourth-order valence-electron chi connectivity index (χ4n) is 4.88. The third-order valence-corrected chi connectivity index (χ3v) is 9.45. The molecule has 1 aliphatic carbocycles. The summed E-state index contributed by atoms with van der Waals surface area (Å²) in [6, 6.07) is 12.0. The Morgan fingerprint density at radius 3 is 2.74 bits per heavy atom. The highest BCUT2D eigenvalue weighted by molar-refractivity contribution is 7.89. The number of aliphatic imine (C=N–C) groups is 1. The number of methoxy groups -OCH3 is 1. The van der Waals surface area contributed by atoms with E-state index in [0.29, 0.717) is 34.2 Å². The number of allylic oxidation sites excluding steroid dienone is 2. The number of aromatic nitrogens is 1. The number of hydrogen-bond acceptors (Lipinski definition) is 8. The monoisotopic (exact) mass is 552 g/mol. The quantitative estimate of drug-likeness (QED) is 0.451. The van der Waals surface area contributed by atoms with Crippen molar-refractivity contribution in [3.63, 3.8) is 0 Å². The smallest absolute Gasteiger partial charge is 0.243 e. The van der Waals surface area contributed by atoms with Gasteiger partial charge >= 0.3 is 0 Å². The van der Waals surface area contributed by atoms with Gasteiger partial charge in [-0.2, -0.15) is 4.31 Å². The highest BCUT2D eigenvalue weighted by atomic mass is 32.2. The van der Waals surface area contributed by atoms with Gasteiger partial charge in [0.05, 0.1) is 28.8 Å². The molecule has 38 heavy (non-hydrogen) atoms. The van der Waals surface area contributed by atoms with E-state index in [9.17, 15) is 17.6 Å². The molecule has 1 fully saturated rings. The van der Waals surface area contributed by atoms with Crippen LogP contribution in [0.2, 0.25) is 0 Å². The first kappa shape index (κ1) is 26.0. The van der Waals surface area contributed by atoms with E-state index in [-0.39, 0.29) is 36.0 Å². The van der Waals surface area contributed by atoms with Gasteiger partial charge in [0.1, 0.15) is 11.6 Å². The van der Waals surface area contributed by atoms with Gasteiger partial charge in [-0.1, -0.05) is 11.6 Å². The van der Waals surface area contributed by atoms with Gasteiger partial charge in [-0.15, -0.1) is 11.3 Å². The molecule has 0 spiro atoms. The summed E-state index contributed by atoms with van der Waals surface area (Å²) in [4.78, 5) is 23.0. The van der Waals surface area contributed by atoms with Gasteiger partial charge < -0.3 is 10.5 Å². The fourth-order valence-corrected chi connectivity index (χ4v) is 7.09. The van der Waals surface area contributed by atoms with E-state index in [4.69, 9.17) is 10.5 Å². The SMILES string of the molecule is COc1cccc(S(=O)(=O)N2CCC3=CC(=Nc4ccc(F)cc4)C(=CN)CC3(C(=O)c3nccs3)C2)c1. The number of piperidine rings is 1. The average molecular weight is 553 g/mol. The normalized spacial score (nSPS) is 22.2. The predicted molar refractivity (Wildman–Crippen MR) is 144 cm³/mol. The molecule has 196 valence electrons. The summed E-state index contributed by atoms with van der Waals surface area (Å²) in [5.41, 5.74) is 7.26. The van der Waals surface area contributed by atoms with Crippen LogP contribution in [0.5, 0.6) is 5.75 Å². The second kappa shape index (κ2) is 10.2. The summed E-state index contributed by atoms with van der Waals surface area (Å²) in [5, 5.41) is 2.01. The van der Waals surface area contributed by atoms with Crippen molar-refractivity contribution < 1.29 is 22.3 Å². The summed E-state index contributed by atoms with van der Waals surface area (Å²) in [6.07, 6.45) is 5.22. The first-order chi connectivity index (χ1) is 18.3. The number of Topliss-reactive ketones (excluding diaryl/α,β-unsaturated/α-hetero) is 1. The van der Waals surface area contributed by atoms with Crippen LogP contribution in [0, 0.1) is 11.2 Å². The molecule has 5 rings (SSSR count). The van der Waals surface area contributed by atoms with Crippen molar-refractivity contribution in [2.24, 2.45) is 16.1 Å². The number of fused-ring (bicyclic) bond motifs is 1. The Morgan fingerprint density at radius 1 is 1.26 bits per heavy atom. The molecular formula is C27H25FN4O4S2. The molecule has 2 heterocycles. The number of nitrogens with two attached hydrogens (primary N) is 1. The van der Waals surface area contributed by atoms with E-state index in [1.54, 1.807) is 35.8 Å². The van der Waals surface area contributed by atoms with Gasteiger partial charge in [-0.3, -0.25) is 4.79 Å². The lowest BCUT2D eigenvalue weighted by Gasteiger charge is -2.45. The van der Waals surface area contributed by atoms with Crippen molar-refractivity contribution in [2.75, 3.05) is 20.2 Å². The Bertz CT molecular complexity index is 1560. The molecule has 0 amide bonds. The molecular weight excluding hydrogens is 527 g/mol. The summed E-state index contributed by atoms with van der Waals surface area (Å²) in [6.45, 7) is 0.113. The van der Waals surface area contributed by atoms with Gasteiger partial charge in [0, 0.05) is 30.7 Å². The van der Waals surface area contributed by atoms with Crippen molar-refractivity contribution in [2.45, 2.75) is 17.7 Å². The van der Waals surface area contributed by atoms with Gasteiger partial charge in [-0.25, -0.2) is 22.8 Å². The van der Waals surface area contributed by atoms with Crippen molar-refractivity contribution in [1.82, 2.24) is 9.29 Å². The Labute approximate surface area is 224 Å². The van der Waals surface area contributed by atoms with Crippen LogP contribution in [0.4, 0.5) is 10.1 Å². The molecule has 2 N–H and O–H groups in total. The van der Waals surface area contributed by atoms with Crippen LogP contribution >= 0.6 is 11.3 Å². The molecule has 0 radical (unpaired) electrons. The van der Waals surface area contributed by atoms with Gasteiger partial charge in [0.2, 0.25) is 15.8 Å². The molecule has 0 bridgehead atoms. The third-order valence-electron chi connectivity index (χ3n) is 6.84. The number of sulfonamides is 1. The number of halogens is 1. The zero-order valence-electron chi connectivity index (χ0n) is 20.5. The lowest BCUT2D eigenvalue weighted by molar-refractivity contribution is 0.0776. The third kappa shape index (κ3) is 4.68. The van der Waals surface area contributed by atoms with Crippen molar-refractivity contribution in [1.29, 1.82) is 0 Å². The summed E-state index contributed by atoms with van der Waals surface area (Å²) < 4.78 is 47.4. The predicted octanol–water partition coefficient (Wildman–Crippen LogP) is 4.50. The maximum Gasteiger partial charge on any atom is 0.243 e. The first-order valence-electron chi connectivity index (χ1n) is 11.8. The van der Waals surface area contributed by atoms with Crippen LogP contribution < -0.4 is 10.5 Å². The van der Waals surface area contributed by atoms with E-state index < -0.39 is 15.4 Å². The largest absolute Gasteiger partial charge is 0.497 e. The Morgan fingerprint density at radius 2 is 2.05 bits per heavy atom. The molecule has 11 heteroatoms. The average Bonchev–Trinajstić information content (AvgIpc) is 3.48. The number of nitrogens with zero attached hydrogens (tertiary/aromatic N) is 3. The molecule has 1 aliphatic heterocycles. The lowest BCUT2D eigenvalue weighted by Crippen LogP contribution is -2.53. The van der Waals surface area contributed by atoms with Crippen LogP contribution in [0.25, 0.3) is 0 Å². The zero-order chi connectivity index (χ0) is 26.9. The molecule has 1 atom stereocenters. The first-order valence-corrected chi connectivity index (χ1v) is 14.1. The molecule has 1 aromatic heterocycles. The van der Waals surface area contributed by atoms with Gasteiger partial charge in [0.25, 0.3) is 0 Å². The number of rotatable bonds is 6. The Kier molecular flexibility index (Phi) is 6.99. The topological polar surface area (TPSA) is 115 Å². The number of ether oxygens (including phenoxy) is 1. The molecule has 1 saturated heterocycles. The minimum absolute atomic E-state index is 0.0715. The summed E-state index contributed by atoms with van der Waals surface area (Å²) >= 11 is 1.21. The number of thiazole rings is 1. The Hall–Kier alpha value is -3.67. The molecule has 3 aromatic rings. The zero-order valence-corrected chi connectivity index (χ0v) is 22.1. The van der Waals surface area contributed by atoms with Crippen LogP contribution in [-0.4, -0.2) is 49.4 Å². The van der Waals surface area contributed by atoms with E-state index >= 15 is 0 Å². The minimum Gasteiger partial charge on any atom is -0.497 e. The number of benzene rings is 2. The van der Waals surface area contributed by atoms with Crippen LogP contribution in [0.3, 0.4) is 0 Å². The number of ketones is 1. The van der Waals surface area contributed by atoms with Crippen molar-refractivity contribution >= 4 is 38.5 Å². The fraction of sp³-hybridized carbons (Fsp3) is 0.222. The maximum atomic E-state index is 14.0. The second-order valence-corrected chi connectivity index (χ2v) is 11.9. The van der Waals surface area contributed by atoms with Crippen LogP contribution in [0.15, 0.2) is 93.4 Å². The standard InChI is InChI=1S/C27H25FN4O4S2/c1-36-22-3-2-4-23(14-22)38(34,35)32-11-9-19-13-24(31-21-7-5-20(28)6-8-21)18(16-29)15-27(19,17-32)25(33)26-30-10-12-37-26/h2-8,10,12-14,16H,9,11,15,17,29H2,1H3. The summed E-state index contributed by atoms with van der Waals surface area (Å²) in [5.74, 6) is -0.211. The molecule has 8 nitrogen and oxygen atoms in total. The summed E-state index contributed by atoms with van der Waals surface area (Å²) in [7, 11) is -2.46. The van der Waals surface area contributed by atoms with Crippen molar-refractivity contribution in [3.8, 4) is 5.75 Å². The van der Waals surface area contributed by atoms with Crippen LogP contribution in [0.1, 0.15) is 22.6 Å². The highest BCUT2D eigenvalue weighted by Gasteiger charge is 2.51. The second-order valence-electron chi connectivity index (χ2n) is 9.03. The van der Waals surface area contributed by atoms with Crippen LogP contribution in [-0.2, 0) is 10.0 Å². The molecule has 2 aliphatic rings. The van der Waals surface area contributed by atoms with Crippen molar-refractivity contribution in [3.05, 3.63) is 94.4 Å². The maximum absolute atomic E-state index is 14.0. The molecule has 0 saturated carbocycles. The number of hydrogen-bond donors (Lipinski definition) is 1.